The first-order valence-electron chi connectivity index (χ1n) is 10.5. The van der Waals surface area contributed by atoms with Crippen molar-refractivity contribution in [1.29, 1.82) is 0 Å². The van der Waals surface area contributed by atoms with Crippen LogP contribution in [-0.4, -0.2) is 17.8 Å². The molecule has 4 amide bonds. The van der Waals surface area contributed by atoms with Crippen LogP contribution in [-0.2, 0) is 22.6 Å². The molecule has 3 aromatic rings. The molecule has 1 N–H and O–H groups in total. The summed E-state index contributed by atoms with van der Waals surface area (Å²) in [6.07, 6.45) is 1.98. The largest absolute Gasteiger partial charge is 0.488 e. The van der Waals surface area contributed by atoms with Crippen LogP contribution < -0.4 is 15.0 Å². The number of barbiturate groups is 1. The number of anilines is 1. The van der Waals surface area contributed by atoms with E-state index >= 15 is 0 Å². The second kappa shape index (κ2) is 10.1. The van der Waals surface area contributed by atoms with Gasteiger partial charge in [-0.25, -0.2) is 9.69 Å². The number of ether oxygens (including phenoxy) is 1. The van der Waals surface area contributed by atoms with E-state index in [2.05, 4.69) is 5.32 Å². The maximum absolute atomic E-state index is 13.3. The van der Waals surface area contributed by atoms with Crippen LogP contribution >= 0.6 is 23.2 Å². The van der Waals surface area contributed by atoms with Crippen LogP contribution in [0.2, 0.25) is 10.0 Å². The van der Waals surface area contributed by atoms with Crippen LogP contribution in [0.4, 0.5) is 10.5 Å². The molecule has 6 nitrogen and oxygen atoms in total. The molecule has 34 heavy (non-hydrogen) atoms. The lowest BCUT2D eigenvalue weighted by Gasteiger charge is -2.28. The van der Waals surface area contributed by atoms with Gasteiger partial charge in [0.15, 0.2) is 0 Å². The summed E-state index contributed by atoms with van der Waals surface area (Å²) in [6, 6.07) is 18.4. The summed E-state index contributed by atoms with van der Waals surface area (Å²) >= 11 is 12.4. The number of amides is 4. The van der Waals surface area contributed by atoms with Gasteiger partial charge in [-0.15, -0.1) is 0 Å². The molecule has 1 saturated heterocycles. The van der Waals surface area contributed by atoms with Crippen molar-refractivity contribution in [3.05, 3.63) is 99.0 Å². The van der Waals surface area contributed by atoms with E-state index in [0.29, 0.717) is 33.5 Å². The van der Waals surface area contributed by atoms with Crippen molar-refractivity contribution >= 4 is 52.8 Å². The van der Waals surface area contributed by atoms with Gasteiger partial charge >= 0.3 is 6.03 Å². The van der Waals surface area contributed by atoms with Gasteiger partial charge in [0.2, 0.25) is 0 Å². The normalized spacial score (nSPS) is 15.0. The van der Waals surface area contributed by atoms with Crippen molar-refractivity contribution in [2.75, 3.05) is 4.90 Å². The number of halogens is 2. The highest BCUT2D eigenvalue weighted by atomic mass is 35.5. The Hall–Kier alpha value is -3.61. The van der Waals surface area contributed by atoms with Crippen LogP contribution in [0.15, 0.2) is 72.3 Å². The fourth-order valence-corrected chi connectivity index (χ4v) is 3.97. The second-order valence-corrected chi connectivity index (χ2v) is 8.35. The van der Waals surface area contributed by atoms with Gasteiger partial charge in [-0.1, -0.05) is 66.5 Å². The van der Waals surface area contributed by atoms with Crippen molar-refractivity contribution in [3.8, 4) is 5.75 Å². The van der Waals surface area contributed by atoms with E-state index in [1.165, 1.54) is 6.08 Å². The Morgan fingerprint density at radius 2 is 1.65 bits per heavy atom. The fraction of sp³-hybridized carbons (Fsp3) is 0.115. The van der Waals surface area contributed by atoms with Gasteiger partial charge in [-0.3, -0.25) is 14.9 Å². The summed E-state index contributed by atoms with van der Waals surface area (Å²) in [6.45, 7) is 2.09. The fourth-order valence-electron chi connectivity index (χ4n) is 3.59. The number of para-hydroxylation sites is 1. The third-order valence-corrected chi connectivity index (χ3v) is 5.93. The predicted octanol–water partition coefficient (Wildman–Crippen LogP) is 5.80. The van der Waals surface area contributed by atoms with E-state index in [9.17, 15) is 14.4 Å². The molecular formula is C26H20Cl2N2O4. The first kappa shape index (κ1) is 23.5. The van der Waals surface area contributed by atoms with Crippen LogP contribution in [0.3, 0.4) is 0 Å². The molecule has 0 bridgehead atoms. The summed E-state index contributed by atoms with van der Waals surface area (Å²) < 4.78 is 5.93. The monoisotopic (exact) mass is 494 g/mol. The minimum absolute atomic E-state index is 0.173. The molecule has 1 heterocycles. The summed E-state index contributed by atoms with van der Waals surface area (Å²) in [4.78, 5) is 39.5. The molecule has 4 rings (SSSR count). The van der Waals surface area contributed by atoms with E-state index < -0.39 is 17.8 Å². The Labute approximate surface area is 206 Å². The van der Waals surface area contributed by atoms with E-state index in [-0.39, 0.29) is 12.2 Å². The Morgan fingerprint density at radius 3 is 2.38 bits per heavy atom. The highest BCUT2D eigenvalue weighted by molar-refractivity contribution is 6.39. The lowest BCUT2D eigenvalue weighted by molar-refractivity contribution is -0.122. The molecule has 0 saturated carbocycles. The van der Waals surface area contributed by atoms with Gasteiger partial charge in [0, 0.05) is 21.2 Å². The zero-order chi connectivity index (χ0) is 24.2. The highest BCUT2D eigenvalue weighted by Crippen LogP contribution is 2.30. The molecule has 1 aliphatic rings. The molecule has 0 aliphatic carbocycles. The van der Waals surface area contributed by atoms with Crippen LogP contribution in [0, 0.1) is 0 Å². The molecule has 0 aromatic heterocycles. The molecule has 172 valence electrons. The number of nitrogens with one attached hydrogen (secondary N) is 1. The van der Waals surface area contributed by atoms with Crippen molar-refractivity contribution in [2.24, 2.45) is 0 Å². The Balaban J connectivity index is 1.70. The number of imide groups is 2. The Kier molecular flexibility index (Phi) is 7.01. The van der Waals surface area contributed by atoms with Gasteiger partial charge in [-0.05, 0) is 48.4 Å². The number of rotatable bonds is 6. The first-order chi connectivity index (χ1) is 16.4. The number of urea groups is 1. The van der Waals surface area contributed by atoms with Crippen LogP contribution in [0.1, 0.15) is 23.6 Å². The topological polar surface area (TPSA) is 75.7 Å². The van der Waals surface area contributed by atoms with Gasteiger partial charge in [0.25, 0.3) is 11.8 Å². The van der Waals surface area contributed by atoms with Gasteiger partial charge in [-0.2, -0.15) is 0 Å². The van der Waals surface area contributed by atoms with Crippen LogP contribution in [0.25, 0.3) is 6.08 Å². The highest BCUT2D eigenvalue weighted by Gasteiger charge is 2.37. The quantitative estimate of drug-likeness (QED) is 0.347. The smallest absolute Gasteiger partial charge is 0.335 e. The predicted molar refractivity (Wildman–Crippen MR) is 132 cm³/mol. The number of carbonyl (C=O) groups is 3. The van der Waals surface area contributed by atoms with Crippen molar-refractivity contribution in [2.45, 2.75) is 20.0 Å². The Morgan fingerprint density at radius 1 is 0.941 bits per heavy atom. The maximum atomic E-state index is 13.3. The average Bonchev–Trinajstić information content (AvgIpc) is 2.82. The number of hydrogen-bond donors (Lipinski definition) is 1. The van der Waals surface area contributed by atoms with Crippen molar-refractivity contribution < 1.29 is 19.1 Å². The molecule has 0 spiro atoms. The van der Waals surface area contributed by atoms with E-state index in [1.807, 2.05) is 37.3 Å². The maximum Gasteiger partial charge on any atom is 0.335 e. The molecule has 0 atom stereocenters. The molecule has 3 aromatic carbocycles. The minimum atomic E-state index is -0.797. The van der Waals surface area contributed by atoms with E-state index in [0.717, 1.165) is 16.0 Å². The molecule has 0 radical (unpaired) electrons. The Bertz CT molecular complexity index is 1320. The number of nitrogens with zero attached hydrogens (tertiary/aromatic N) is 1. The number of benzene rings is 3. The molecule has 0 unspecified atom stereocenters. The van der Waals surface area contributed by atoms with Crippen molar-refractivity contribution in [3.63, 3.8) is 0 Å². The lowest BCUT2D eigenvalue weighted by Crippen LogP contribution is -2.54. The third kappa shape index (κ3) is 4.83. The van der Waals surface area contributed by atoms with E-state index in [1.54, 1.807) is 36.4 Å². The van der Waals surface area contributed by atoms with Gasteiger partial charge in [0.1, 0.15) is 17.9 Å². The number of carbonyl (C=O) groups excluding carboxylic acids is 3. The molecule has 8 heteroatoms. The zero-order valence-corrected chi connectivity index (χ0v) is 19.7. The minimum Gasteiger partial charge on any atom is -0.488 e. The average molecular weight is 495 g/mol. The van der Waals surface area contributed by atoms with Crippen molar-refractivity contribution in [1.82, 2.24) is 5.32 Å². The molecule has 1 aliphatic heterocycles. The SMILES string of the molecule is CCc1ccccc1N1C(=O)NC(=O)/C(=C/c2cc(Cl)ccc2OCc2ccccc2Cl)C1=O. The van der Waals surface area contributed by atoms with Crippen LogP contribution in [0.5, 0.6) is 5.75 Å². The summed E-state index contributed by atoms with van der Waals surface area (Å²) in [5, 5.41) is 3.20. The lowest BCUT2D eigenvalue weighted by atomic mass is 10.0. The number of hydrogen-bond acceptors (Lipinski definition) is 4. The third-order valence-electron chi connectivity index (χ3n) is 5.33. The molecule has 1 fully saturated rings. The standard InChI is InChI=1S/C26H20Cl2N2O4/c1-2-16-7-4-6-10-22(16)30-25(32)20(24(31)29-26(30)33)14-18-13-19(27)11-12-23(18)34-15-17-8-3-5-9-21(17)28/h3-14H,2,15H2,1H3,(H,29,31,33)/b20-14-. The van der Waals surface area contributed by atoms with E-state index in [4.69, 9.17) is 27.9 Å². The number of aryl methyl sites for hydroxylation is 1. The summed E-state index contributed by atoms with van der Waals surface area (Å²) in [7, 11) is 0. The second-order valence-electron chi connectivity index (χ2n) is 7.50. The molecular weight excluding hydrogens is 475 g/mol. The summed E-state index contributed by atoms with van der Waals surface area (Å²) in [5.41, 5.74) is 2.20. The zero-order valence-electron chi connectivity index (χ0n) is 18.2. The van der Waals surface area contributed by atoms with Gasteiger partial charge in [0.05, 0.1) is 5.69 Å². The summed E-state index contributed by atoms with van der Waals surface area (Å²) in [5.74, 6) is -1.13. The first-order valence-corrected chi connectivity index (χ1v) is 11.3. The van der Waals surface area contributed by atoms with Gasteiger partial charge < -0.3 is 4.74 Å².